The Morgan fingerprint density at radius 3 is 2.62 bits per heavy atom. The Morgan fingerprint density at radius 1 is 1.44 bits per heavy atom. The number of halogens is 1. The summed E-state index contributed by atoms with van der Waals surface area (Å²) in [5, 5.41) is 5.74. The third-order valence-electron chi connectivity index (χ3n) is 2.54. The molecule has 2 N–H and O–H groups in total. The van der Waals surface area contributed by atoms with Crippen LogP contribution in [0.15, 0.2) is 0 Å². The van der Waals surface area contributed by atoms with E-state index in [1.54, 1.807) is 6.92 Å². The number of piperidine rings is 1. The Morgan fingerprint density at radius 2 is 2.12 bits per heavy atom. The highest BCUT2D eigenvalue weighted by Gasteiger charge is 2.23. The van der Waals surface area contributed by atoms with Crippen LogP contribution in [0.1, 0.15) is 26.2 Å². The molecule has 1 saturated heterocycles. The van der Waals surface area contributed by atoms with E-state index in [0.717, 1.165) is 25.8 Å². The number of hydrogen-bond acceptors (Lipinski definition) is 4. The van der Waals surface area contributed by atoms with E-state index in [9.17, 15) is 9.59 Å². The van der Waals surface area contributed by atoms with E-state index >= 15 is 0 Å². The van der Waals surface area contributed by atoms with Crippen molar-refractivity contribution >= 4 is 24.3 Å². The first-order valence-corrected chi connectivity index (χ1v) is 5.26. The molecule has 0 aromatic heterocycles. The lowest BCUT2D eigenvalue weighted by Crippen LogP contribution is -2.50. The fourth-order valence-electron chi connectivity index (χ4n) is 1.63. The number of hydrogen-bond donors (Lipinski definition) is 2. The van der Waals surface area contributed by atoms with Gasteiger partial charge in [0.2, 0.25) is 5.91 Å². The molecule has 0 radical (unpaired) electrons. The maximum atomic E-state index is 11.6. The van der Waals surface area contributed by atoms with Gasteiger partial charge in [-0.15, -0.1) is 12.4 Å². The molecule has 2 atom stereocenters. The van der Waals surface area contributed by atoms with Crippen molar-refractivity contribution in [3.63, 3.8) is 0 Å². The number of nitrogens with one attached hydrogen (secondary N) is 2. The molecular weight excluding hydrogens is 232 g/mol. The van der Waals surface area contributed by atoms with Crippen LogP contribution < -0.4 is 10.6 Å². The summed E-state index contributed by atoms with van der Waals surface area (Å²) in [6.07, 6.45) is 2.99. The highest BCUT2D eigenvalue weighted by Crippen LogP contribution is 2.07. The van der Waals surface area contributed by atoms with Crippen LogP contribution in [0.3, 0.4) is 0 Å². The van der Waals surface area contributed by atoms with Crippen LogP contribution in [0.25, 0.3) is 0 Å². The second-order valence-electron chi connectivity index (χ2n) is 3.76. The monoisotopic (exact) mass is 250 g/mol. The second-order valence-corrected chi connectivity index (χ2v) is 3.76. The van der Waals surface area contributed by atoms with Gasteiger partial charge in [0.15, 0.2) is 0 Å². The van der Waals surface area contributed by atoms with Gasteiger partial charge in [-0.1, -0.05) is 6.42 Å². The van der Waals surface area contributed by atoms with Crippen LogP contribution >= 0.6 is 12.4 Å². The first kappa shape index (κ1) is 15.2. The smallest absolute Gasteiger partial charge is 0.328 e. The van der Waals surface area contributed by atoms with E-state index in [2.05, 4.69) is 15.4 Å². The predicted molar refractivity (Wildman–Crippen MR) is 62.5 cm³/mol. The fourth-order valence-corrected chi connectivity index (χ4v) is 1.63. The van der Waals surface area contributed by atoms with Gasteiger partial charge in [0.1, 0.15) is 6.04 Å². The van der Waals surface area contributed by atoms with Crippen molar-refractivity contribution < 1.29 is 14.3 Å². The second kappa shape index (κ2) is 7.46. The van der Waals surface area contributed by atoms with Crippen LogP contribution in [0.5, 0.6) is 0 Å². The summed E-state index contributed by atoms with van der Waals surface area (Å²) in [6, 6.07) is -0.739. The topological polar surface area (TPSA) is 67.4 Å². The molecule has 0 saturated carbocycles. The number of methoxy groups -OCH3 is 1. The summed E-state index contributed by atoms with van der Waals surface area (Å²) in [7, 11) is 1.31. The average molecular weight is 251 g/mol. The molecule has 1 heterocycles. The minimum Gasteiger partial charge on any atom is -0.467 e. The van der Waals surface area contributed by atoms with Gasteiger partial charge in [-0.3, -0.25) is 4.79 Å². The SMILES string of the molecule is COC(=O)[C@@H](C)NC(=O)C1CCCCN1.Cl. The Labute approximate surface area is 102 Å². The van der Waals surface area contributed by atoms with Gasteiger partial charge in [0.25, 0.3) is 0 Å². The van der Waals surface area contributed by atoms with Gasteiger partial charge in [0, 0.05) is 0 Å². The molecule has 1 unspecified atom stereocenters. The molecule has 1 fully saturated rings. The van der Waals surface area contributed by atoms with Crippen molar-refractivity contribution in [3.8, 4) is 0 Å². The zero-order chi connectivity index (χ0) is 11.3. The van der Waals surface area contributed by atoms with Crippen LogP contribution in [0, 0.1) is 0 Å². The largest absolute Gasteiger partial charge is 0.467 e. The maximum Gasteiger partial charge on any atom is 0.328 e. The lowest BCUT2D eigenvalue weighted by Gasteiger charge is -2.23. The quantitative estimate of drug-likeness (QED) is 0.704. The minimum atomic E-state index is -0.578. The van der Waals surface area contributed by atoms with Gasteiger partial charge in [-0.25, -0.2) is 4.79 Å². The van der Waals surface area contributed by atoms with Crippen LogP contribution in [0.4, 0.5) is 0 Å². The highest BCUT2D eigenvalue weighted by molar-refractivity contribution is 5.87. The fraction of sp³-hybridized carbons (Fsp3) is 0.800. The number of amides is 1. The molecule has 0 aromatic carbocycles. The van der Waals surface area contributed by atoms with Crippen molar-refractivity contribution in [2.45, 2.75) is 38.3 Å². The molecule has 1 aliphatic rings. The molecule has 0 aliphatic carbocycles. The summed E-state index contributed by atoms with van der Waals surface area (Å²) in [5.74, 6) is -0.535. The van der Waals surface area contributed by atoms with E-state index in [4.69, 9.17) is 0 Å². The van der Waals surface area contributed by atoms with E-state index in [-0.39, 0.29) is 24.4 Å². The third kappa shape index (κ3) is 4.37. The summed E-state index contributed by atoms with van der Waals surface area (Å²) in [4.78, 5) is 22.7. The molecule has 1 rings (SSSR count). The molecule has 5 nitrogen and oxygen atoms in total. The lowest BCUT2D eigenvalue weighted by atomic mass is 10.0. The number of rotatable bonds is 3. The van der Waals surface area contributed by atoms with Crippen molar-refractivity contribution in [1.82, 2.24) is 10.6 Å². The number of ether oxygens (including phenoxy) is 1. The molecule has 94 valence electrons. The first-order chi connectivity index (χ1) is 7.15. The Balaban J connectivity index is 0.00000225. The number of esters is 1. The summed E-state index contributed by atoms with van der Waals surface area (Å²) in [6.45, 7) is 2.48. The van der Waals surface area contributed by atoms with E-state index in [0.29, 0.717) is 0 Å². The average Bonchev–Trinajstić information content (AvgIpc) is 2.29. The van der Waals surface area contributed by atoms with E-state index < -0.39 is 12.0 Å². The molecule has 0 spiro atoms. The molecule has 1 amide bonds. The van der Waals surface area contributed by atoms with Gasteiger partial charge in [0.05, 0.1) is 13.2 Å². The summed E-state index contributed by atoms with van der Waals surface area (Å²) >= 11 is 0. The molecule has 0 aromatic rings. The lowest BCUT2D eigenvalue weighted by molar-refractivity contribution is -0.144. The summed E-state index contributed by atoms with van der Waals surface area (Å²) in [5.41, 5.74) is 0. The van der Waals surface area contributed by atoms with E-state index in [1.165, 1.54) is 7.11 Å². The molecule has 6 heteroatoms. The van der Waals surface area contributed by atoms with E-state index in [1.807, 2.05) is 0 Å². The van der Waals surface area contributed by atoms with Crippen molar-refractivity contribution in [3.05, 3.63) is 0 Å². The predicted octanol–water partition coefficient (Wildman–Crippen LogP) is 0.228. The number of carbonyl (C=O) groups excluding carboxylic acids is 2. The normalized spacial score (nSPS) is 21.5. The zero-order valence-corrected chi connectivity index (χ0v) is 10.4. The maximum absolute atomic E-state index is 11.6. The summed E-state index contributed by atoms with van der Waals surface area (Å²) < 4.78 is 4.53. The van der Waals surface area contributed by atoms with Gasteiger partial charge < -0.3 is 15.4 Å². The van der Waals surface area contributed by atoms with Crippen molar-refractivity contribution in [1.29, 1.82) is 0 Å². The van der Waals surface area contributed by atoms with Crippen molar-refractivity contribution in [2.75, 3.05) is 13.7 Å². The van der Waals surface area contributed by atoms with Gasteiger partial charge in [-0.05, 0) is 26.3 Å². The Hall–Kier alpha value is -0.810. The molecular formula is C10H19ClN2O3. The Bertz CT molecular complexity index is 242. The zero-order valence-electron chi connectivity index (χ0n) is 9.62. The number of carbonyl (C=O) groups is 2. The molecule has 1 aliphatic heterocycles. The van der Waals surface area contributed by atoms with Crippen LogP contribution in [-0.4, -0.2) is 37.6 Å². The van der Waals surface area contributed by atoms with Crippen LogP contribution in [-0.2, 0) is 14.3 Å². The van der Waals surface area contributed by atoms with Gasteiger partial charge >= 0.3 is 5.97 Å². The van der Waals surface area contributed by atoms with Crippen molar-refractivity contribution in [2.24, 2.45) is 0 Å². The van der Waals surface area contributed by atoms with Crippen LogP contribution in [0.2, 0.25) is 0 Å². The highest BCUT2D eigenvalue weighted by atomic mass is 35.5. The minimum absolute atomic E-state index is 0. The molecule has 0 bridgehead atoms. The standard InChI is InChI=1S/C10H18N2O3.ClH/c1-7(10(14)15-2)12-9(13)8-5-3-4-6-11-8;/h7-8,11H,3-6H2,1-2H3,(H,12,13);1H/t7-,8?;/m1./s1. The molecule has 16 heavy (non-hydrogen) atoms. The van der Waals surface area contributed by atoms with Gasteiger partial charge in [-0.2, -0.15) is 0 Å². The first-order valence-electron chi connectivity index (χ1n) is 5.26. The third-order valence-corrected chi connectivity index (χ3v) is 2.54. The Kier molecular flexibility index (Phi) is 7.08.